The largest absolute Gasteiger partial charge is 0.493 e. The third-order valence-electron chi connectivity index (χ3n) is 8.11. The molecule has 0 bridgehead atoms. The summed E-state index contributed by atoms with van der Waals surface area (Å²) in [5, 5.41) is 10.3. The first kappa shape index (κ1) is 33.3. The Bertz CT molecular complexity index is 1100. The zero-order chi connectivity index (χ0) is 30.1. The second-order valence-corrected chi connectivity index (χ2v) is 17.8. The zero-order valence-electron chi connectivity index (χ0n) is 27.0. The molecule has 0 radical (unpaired) electrons. The average molecular weight is 577 g/mol. The highest BCUT2D eigenvalue weighted by Gasteiger charge is 2.31. The van der Waals surface area contributed by atoms with Crippen LogP contribution >= 0.6 is 10.0 Å². The van der Waals surface area contributed by atoms with Crippen LogP contribution in [0.5, 0.6) is 5.75 Å². The molecule has 0 heterocycles. The maximum atomic E-state index is 10.3. The molecule has 226 valence electrons. The third-order valence-corrected chi connectivity index (χ3v) is 12.1. The minimum absolute atomic E-state index is 0.137. The summed E-state index contributed by atoms with van der Waals surface area (Å²) < 4.78 is 6.54. The summed E-state index contributed by atoms with van der Waals surface area (Å²) in [5.41, 5.74) is 0.681. The van der Waals surface area contributed by atoms with E-state index in [-0.39, 0.29) is 6.61 Å². The Kier molecular flexibility index (Phi) is 12.0. The summed E-state index contributed by atoms with van der Waals surface area (Å²) >= 11 is 0. The van der Waals surface area contributed by atoms with Crippen LogP contribution in [0.3, 0.4) is 0 Å². The summed E-state index contributed by atoms with van der Waals surface area (Å²) in [6.45, 7) is 19.8. The van der Waals surface area contributed by atoms with E-state index in [1.807, 2.05) is 0 Å². The van der Waals surface area contributed by atoms with Crippen molar-refractivity contribution in [3.63, 3.8) is 0 Å². The van der Waals surface area contributed by atoms with Gasteiger partial charge in [0.15, 0.2) is 0 Å². The van der Waals surface area contributed by atoms with Gasteiger partial charge in [0, 0.05) is 5.75 Å². The number of ether oxygens (including phenoxy) is 1. The lowest BCUT2D eigenvalue weighted by atomic mass is 9.76. The fourth-order valence-corrected chi connectivity index (χ4v) is 10.1. The van der Waals surface area contributed by atoms with Crippen molar-refractivity contribution < 1.29 is 9.84 Å². The molecule has 3 rings (SSSR count). The van der Waals surface area contributed by atoms with E-state index in [0.29, 0.717) is 28.4 Å². The molecule has 3 atom stereocenters. The Morgan fingerprint density at radius 3 is 1.61 bits per heavy atom. The molecule has 3 aromatic rings. The zero-order valence-corrected chi connectivity index (χ0v) is 27.8. The highest BCUT2D eigenvalue weighted by molar-refractivity contribution is 8.33. The van der Waals surface area contributed by atoms with Gasteiger partial charge in [0.25, 0.3) is 0 Å². The number of aliphatic hydroxyl groups excluding tert-OH is 1. The van der Waals surface area contributed by atoms with Gasteiger partial charge in [0.2, 0.25) is 0 Å². The molecule has 0 saturated heterocycles. The van der Waals surface area contributed by atoms with Crippen LogP contribution in [-0.2, 0) is 0 Å². The number of hydrogen-bond acceptors (Lipinski definition) is 2. The maximum absolute atomic E-state index is 10.3. The van der Waals surface area contributed by atoms with E-state index in [1.165, 1.54) is 40.4 Å². The maximum Gasteiger partial charge on any atom is 0.119 e. The van der Waals surface area contributed by atoms with Crippen molar-refractivity contribution in [1.29, 1.82) is 0 Å². The van der Waals surface area contributed by atoms with Gasteiger partial charge in [-0.25, -0.2) is 0 Å². The number of benzene rings is 3. The average Bonchev–Trinajstić information content (AvgIpc) is 2.91. The van der Waals surface area contributed by atoms with Gasteiger partial charge in [-0.15, -0.1) is 0 Å². The SMILES string of the molecule is CC(CCC(COc1ccc(S(CCO)(c2ccccc2)c2ccccc2)cc1)C(C)CC(C)(C)C)CC(C)(C)C. The topological polar surface area (TPSA) is 29.5 Å². The smallest absolute Gasteiger partial charge is 0.119 e. The monoisotopic (exact) mass is 576 g/mol. The predicted molar refractivity (Wildman–Crippen MR) is 178 cm³/mol. The summed E-state index contributed by atoms with van der Waals surface area (Å²) in [6, 6.07) is 30.2. The lowest BCUT2D eigenvalue weighted by Gasteiger charge is -2.41. The van der Waals surface area contributed by atoms with Crippen LogP contribution in [0.4, 0.5) is 0 Å². The standard InChI is InChI=1S/C38H56O2S/c1-30(27-37(3,4)5)19-20-32(31(2)28-38(6,7)8)29-40-33-21-23-36(24-22-33)41(26-25-39,34-15-11-9-12-16-34)35-17-13-10-14-18-35/h9-18,21-24,30-32,39H,19-20,25-29H2,1-8H3. The van der Waals surface area contributed by atoms with Crippen LogP contribution in [0.15, 0.2) is 99.6 Å². The van der Waals surface area contributed by atoms with Gasteiger partial charge in [-0.2, -0.15) is 10.0 Å². The molecule has 3 aromatic carbocycles. The number of hydrogen-bond donors (Lipinski definition) is 1. The minimum atomic E-state index is -1.60. The molecular formula is C38H56O2S. The van der Waals surface area contributed by atoms with Crippen LogP contribution in [0.2, 0.25) is 0 Å². The van der Waals surface area contributed by atoms with Gasteiger partial charge in [-0.05, 0) is 111 Å². The van der Waals surface area contributed by atoms with Crippen molar-refractivity contribution in [3.8, 4) is 5.75 Å². The Morgan fingerprint density at radius 1 is 0.659 bits per heavy atom. The molecule has 0 aromatic heterocycles. The summed E-state index contributed by atoms with van der Waals surface area (Å²) in [6.07, 6.45) is 4.92. The second kappa shape index (κ2) is 14.8. The Balaban J connectivity index is 1.83. The Hall–Kier alpha value is -2.23. The quantitative estimate of drug-likeness (QED) is 0.207. The highest BCUT2D eigenvalue weighted by atomic mass is 32.3. The van der Waals surface area contributed by atoms with Crippen molar-refractivity contribution >= 4 is 10.0 Å². The van der Waals surface area contributed by atoms with E-state index in [9.17, 15) is 5.11 Å². The van der Waals surface area contributed by atoms with E-state index in [4.69, 9.17) is 4.74 Å². The van der Waals surface area contributed by atoms with Gasteiger partial charge in [-0.1, -0.05) is 98.2 Å². The molecule has 0 saturated carbocycles. The first-order chi connectivity index (χ1) is 19.3. The lowest BCUT2D eigenvalue weighted by Crippen LogP contribution is -2.25. The van der Waals surface area contributed by atoms with Crippen molar-refractivity contribution in [2.45, 2.75) is 95.8 Å². The molecule has 0 spiro atoms. The van der Waals surface area contributed by atoms with Crippen LogP contribution in [0, 0.1) is 28.6 Å². The molecule has 41 heavy (non-hydrogen) atoms. The van der Waals surface area contributed by atoms with E-state index in [1.54, 1.807) is 0 Å². The molecule has 0 aliphatic heterocycles. The van der Waals surface area contributed by atoms with E-state index in [2.05, 4.69) is 140 Å². The van der Waals surface area contributed by atoms with Crippen molar-refractivity contribution in [2.75, 3.05) is 19.0 Å². The van der Waals surface area contributed by atoms with Crippen molar-refractivity contribution in [2.24, 2.45) is 28.6 Å². The minimum Gasteiger partial charge on any atom is -0.493 e. The summed E-state index contributed by atoms with van der Waals surface area (Å²) in [7, 11) is -1.60. The van der Waals surface area contributed by atoms with Crippen molar-refractivity contribution in [1.82, 2.24) is 0 Å². The first-order valence-electron chi connectivity index (χ1n) is 15.6. The van der Waals surface area contributed by atoms with Gasteiger partial charge < -0.3 is 9.84 Å². The van der Waals surface area contributed by atoms with E-state index >= 15 is 0 Å². The molecule has 3 heteroatoms. The van der Waals surface area contributed by atoms with Gasteiger partial charge in [0.1, 0.15) is 5.75 Å². The van der Waals surface area contributed by atoms with Crippen LogP contribution in [-0.4, -0.2) is 24.1 Å². The molecule has 0 fully saturated rings. The normalized spacial score (nSPS) is 15.2. The lowest BCUT2D eigenvalue weighted by molar-refractivity contribution is 0.147. The van der Waals surface area contributed by atoms with Gasteiger partial charge >= 0.3 is 0 Å². The molecule has 2 nitrogen and oxygen atoms in total. The fraction of sp³-hybridized carbons (Fsp3) is 0.526. The highest BCUT2D eigenvalue weighted by Crippen LogP contribution is 2.68. The molecule has 0 aliphatic rings. The number of aliphatic hydroxyl groups is 1. The molecule has 0 aliphatic carbocycles. The van der Waals surface area contributed by atoms with Crippen LogP contribution in [0.1, 0.15) is 81.1 Å². The third kappa shape index (κ3) is 9.93. The van der Waals surface area contributed by atoms with Gasteiger partial charge in [0.05, 0.1) is 13.2 Å². The van der Waals surface area contributed by atoms with Gasteiger partial charge in [-0.3, -0.25) is 0 Å². The molecule has 3 unspecified atom stereocenters. The van der Waals surface area contributed by atoms with Crippen LogP contribution in [0.25, 0.3) is 0 Å². The van der Waals surface area contributed by atoms with Crippen LogP contribution < -0.4 is 4.74 Å². The Labute approximate surface area is 253 Å². The predicted octanol–water partition coefficient (Wildman–Crippen LogP) is 10.9. The Morgan fingerprint density at radius 2 is 1.15 bits per heavy atom. The first-order valence-corrected chi connectivity index (χ1v) is 17.4. The second-order valence-electron chi connectivity index (χ2n) is 14.5. The number of rotatable bonds is 14. The molecular weight excluding hydrogens is 520 g/mol. The van der Waals surface area contributed by atoms with E-state index in [0.717, 1.165) is 18.3 Å². The van der Waals surface area contributed by atoms with Crippen molar-refractivity contribution in [3.05, 3.63) is 84.9 Å². The summed E-state index contributed by atoms with van der Waals surface area (Å²) in [4.78, 5) is 3.80. The molecule has 1 N–H and O–H groups in total. The van der Waals surface area contributed by atoms with E-state index < -0.39 is 10.0 Å². The fourth-order valence-electron chi connectivity index (χ4n) is 6.49. The summed E-state index contributed by atoms with van der Waals surface area (Å²) in [5.74, 6) is 3.48. The molecule has 0 amide bonds.